The van der Waals surface area contributed by atoms with Crippen LogP contribution < -0.4 is 15.4 Å². The first-order chi connectivity index (χ1) is 9.13. The maximum Gasteiger partial charge on any atom is 0.229 e. The molecule has 19 heavy (non-hydrogen) atoms. The van der Waals surface area contributed by atoms with Crippen molar-refractivity contribution < 1.29 is 9.13 Å². The van der Waals surface area contributed by atoms with Crippen molar-refractivity contribution in [3.8, 4) is 5.75 Å². The molecule has 0 bridgehead atoms. The average Bonchev–Trinajstić information content (AvgIpc) is 2.41. The lowest BCUT2D eigenvalue weighted by Gasteiger charge is -2.09. The topological polar surface area (TPSA) is 59.1 Å². The SMILES string of the molecule is CNc1nc(Nc2ccc(OC)c(F)c2)ncc1I. The van der Waals surface area contributed by atoms with Gasteiger partial charge < -0.3 is 15.4 Å². The van der Waals surface area contributed by atoms with Crippen LogP contribution in [0.4, 0.5) is 21.8 Å². The van der Waals surface area contributed by atoms with E-state index in [0.717, 1.165) is 3.57 Å². The fraction of sp³-hybridized carbons (Fsp3) is 0.167. The lowest BCUT2D eigenvalue weighted by atomic mass is 10.3. The third kappa shape index (κ3) is 3.22. The molecule has 0 aliphatic heterocycles. The zero-order valence-corrected chi connectivity index (χ0v) is 12.5. The van der Waals surface area contributed by atoms with E-state index in [4.69, 9.17) is 4.74 Å². The third-order valence-electron chi connectivity index (χ3n) is 2.39. The summed E-state index contributed by atoms with van der Waals surface area (Å²) in [6.45, 7) is 0. The number of hydrogen-bond donors (Lipinski definition) is 2. The molecule has 0 spiro atoms. The number of nitrogens with zero attached hydrogens (tertiary/aromatic N) is 2. The standard InChI is InChI=1S/C12H12FIN4O/c1-15-11-9(14)6-16-12(18-11)17-7-3-4-10(19-2)8(13)5-7/h3-6H,1-2H3,(H2,15,16,17,18). The van der Waals surface area contributed by atoms with Gasteiger partial charge in [0.2, 0.25) is 5.95 Å². The van der Waals surface area contributed by atoms with Gasteiger partial charge in [-0.3, -0.25) is 0 Å². The number of halogens is 2. The summed E-state index contributed by atoms with van der Waals surface area (Å²) in [4.78, 5) is 8.39. The van der Waals surface area contributed by atoms with Crippen molar-refractivity contribution in [1.29, 1.82) is 0 Å². The molecular weight excluding hydrogens is 362 g/mol. The molecular formula is C12H12FIN4O. The number of methoxy groups -OCH3 is 1. The number of aromatic nitrogens is 2. The number of hydrogen-bond acceptors (Lipinski definition) is 5. The molecule has 0 radical (unpaired) electrons. The minimum absolute atomic E-state index is 0.199. The van der Waals surface area contributed by atoms with Crippen LogP contribution in [0.25, 0.3) is 0 Å². The predicted octanol–water partition coefficient (Wildman–Crippen LogP) is 3.01. The van der Waals surface area contributed by atoms with Crippen molar-refractivity contribution in [3.63, 3.8) is 0 Å². The van der Waals surface area contributed by atoms with E-state index in [1.165, 1.54) is 13.2 Å². The molecule has 0 fully saturated rings. The van der Waals surface area contributed by atoms with Gasteiger partial charge in [-0.25, -0.2) is 9.37 Å². The van der Waals surface area contributed by atoms with Crippen molar-refractivity contribution in [3.05, 3.63) is 33.8 Å². The molecule has 5 nitrogen and oxygen atoms in total. The summed E-state index contributed by atoms with van der Waals surface area (Å²) < 4.78 is 19.3. The van der Waals surface area contributed by atoms with Gasteiger partial charge in [0.25, 0.3) is 0 Å². The van der Waals surface area contributed by atoms with E-state index in [1.807, 2.05) is 0 Å². The van der Waals surface area contributed by atoms with E-state index < -0.39 is 5.82 Å². The Kier molecular flexibility index (Phi) is 4.35. The molecule has 0 saturated heterocycles. The van der Waals surface area contributed by atoms with Gasteiger partial charge in [0, 0.05) is 25.0 Å². The van der Waals surface area contributed by atoms with Gasteiger partial charge in [-0.1, -0.05) is 0 Å². The summed E-state index contributed by atoms with van der Waals surface area (Å²) in [5, 5.41) is 5.90. The summed E-state index contributed by atoms with van der Waals surface area (Å²) in [6, 6.07) is 4.57. The number of ether oxygens (including phenoxy) is 1. The number of rotatable bonds is 4. The van der Waals surface area contributed by atoms with Crippen LogP contribution in [-0.4, -0.2) is 24.1 Å². The Hall–Kier alpha value is -1.64. The molecule has 1 heterocycles. The predicted molar refractivity (Wildman–Crippen MR) is 80.5 cm³/mol. The molecule has 2 aromatic rings. The first kappa shape index (κ1) is 13.8. The average molecular weight is 374 g/mol. The van der Waals surface area contributed by atoms with Gasteiger partial charge in [0.05, 0.1) is 10.7 Å². The third-order valence-corrected chi connectivity index (χ3v) is 3.18. The number of benzene rings is 1. The molecule has 1 aromatic carbocycles. The van der Waals surface area contributed by atoms with Crippen LogP contribution in [-0.2, 0) is 0 Å². The van der Waals surface area contributed by atoms with Crippen LogP contribution in [0.1, 0.15) is 0 Å². The van der Waals surface area contributed by atoms with Crippen molar-refractivity contribution in [2.75, 3.05) is 24.8 Å². The molecule has 0 aliphatic rings. The van der Waals surface area contributed by atoms with Gasteiger partial charge in [-0.05, 0) is 34.7 Å². The van der Waals surface area contributed by atoms with Crippen LogP contribution in [0.15, 0.2) is 24.4 Å². The van der Waals surface area contributed by atoms with E-state index in [2.05, 4.69) is 43.2 Å². The monoisotopic (exact) mass is 374 g/mol. The van der Waals surface area contributed by atoms with E-state index in [0.29, 0.717) is 17.5 Å². The summed E-state index contributed by atoms with van der Waals surface area (Å²) in [5.74, 6) is 0.873. The molecule has 0 atom stereocenters. The van der Waals surface area contributed by atoms with Gasteiger partial charge in [-0.15, -0.1) is 0 Å². The molecule has 0 amide bonds. The highest BCUT2D eigenvalue weighted by Gasteiger charge is 2.06. The highest BCUT2D eigenvalue weighted by atomic mass is 127. The van der Waals surface area contributed by atoms with Crippen LogP contribution in [0.3, 0.4) is 0 Å². The second kappa shape index (κ2) is 6.00. The van der Waals surface area contributed by atoms with Crippen LogP contribution >= 0.6 is 22.6 Å². The Morgan fingerprint density at radius 2 is 2.16 bits per heavy atom. The smallest absolute Gasteiger partial charge is 0.229 e. The van der Waals surface area contributed by atoms with Crippen molar-refractivity contribution in [2.24, 2.45) is 0 Å². The lowest BCUT2D eigenvalue weighted by molar-refractivity contribution is 0.386. The molecule has 0 saturated carbocycles. The van der Waals surface area contributed by atoms with E-state index in [-0.39, 0.29) is 5.75 Å². The number of nitrogens with one attached hydrogen (secondary N) is 2. The highest BCUT2D eigenvalue weighted by Crippen LogP contribution is 2.23. The van der Waals surface area contributed by atoms with E-state index in [9.17, 15) is 4.39 Å². The largest absolute Gasteiger partial charge is 0.494 e. The molecule has 0 unspecified atom stereocenters. The van der Waals surface area contributed by atoms with E-state index in [1.54, 1.807) is 25.4 Å². The van der Waals surface area contributed by atoms with Gasteiger partial charge >= 0.3 is 0 Å². The minimum Gasteiger partial charge on any atom is -0.494 e. The van der Waals surface area contributed by atoms with Crippen molar-refractivity contribution in [2.45, 2.75) is 0 Å². The molecule has 100 valence electrons. The van der Waals surface area contributed by atoms with Gasteiger partial charge in [0.1, 0.15) is 5.82 Å². The Bertz CT molecular complexity index is 594. The second-order valence-electron chi connectivity index (χ2n) is 3.61. The number of anilines is 3. The zero-order valence-electron chi connectivity index (χ0n) is 10.4. The summed E-state index contributed by atoms with van der Waals surface area (Å²) >= 11 is 2.13. The summed E-state index contributed by atoms with van der Waals surface area (Å²) in [5.41, 5.74) is 0.557. The van der Waals surface area contributed by atoms with Crippen molar-refractivity contribution in [1.82, 2.24) is 9.97 Å². The van der Waals surface area contributed by atoms with Crippen molar-refractivity contribution >= 4 is 40.0 Å². The minimum atomic E-state index is -0.438. The molecule has 1 aromatic heterocycles. The Morgan fingerprint density at radius 1 is 1.37 bits per heavy atom. The first-order valence-electron chi connectivity index (χ1n) is 5.45. The van der Waals surface area contributed by atoms with Crippen LogP contribution in [0, 0.1) is 9.39 Å². The Balaban J connectivity index is 2.23. The fourth-order valence-corrected chi connectivity index (χ4v) is 2.01. The Morgan fingerprint density at radius 3 is 2.79 bits per heavy atom. The Labute approximate surface area is 123 Å². The van der Waals surface area contributed by atoms with Gasteiger partial charge in [0.15, 0.2) is 11.6 Å². The quantitative estimate of drug-likeness (QED) is 0.806. The summed E-state index contributed by atoms with van der Waals surface area (Å²) in [6.07, 6.45) is 1.68. The molecule has 2 N–H and O–H groups in total. The van der Waals surface area contributed by atoms with Crippen LogP contribution in [0.5, 0.6) is 5.75 Å². The first-order valence-corrected chi connectivity index (χ1v) is 6.52. The molecule has 7 heteroatoms. The fourth-order valence-electron chi connectivity index (χ4n) is 1.48. The normalized spacial score (nSPS) is 10.1. The zero-order chi connectivity index (χ0) is 13.8. The highest BCUT2D eigenvalue weighted by molar-refractivity contribution is 14.1. The van der Waals surface area contributed by atoms with Gasteiger partial charge in [-0.2, -0.15) is 4.98 Å². The maximum atomic E-state index is 13.5. The second-order valence-corrected chi connectivity index (χ2v) is 4.78. The molecule has 0 aliphatic carbocycles. The molecule has 2 rings (SSSR count). The lowest BCUT2D eigenvalue weighted by Crippen LogP contribution is -2.02. The van der Waals surface area contributed by atoms with Crippen LogP contribution in [0.2, 0.25) is 0 Å². The van der Waals surface area contributed by atoms with E-state index >= 15 is 0 Å². The summed E-state index contributed by atoms with van der Waals surface area (Å²) in [7, 11) is 3.20. The maximum absolute atomic E-state index is 13.5.